The van der Waals surface area contributed by atoms with Gasteiger partial charge in [-0.1, -0.05) is 30.3 Å². The second kappa shape index (κ2) is 7.68. The van der Waals surface area contributed by atoms with Crippen LogP contribution in [0.2, 0.25) is 0 Å². The third-order valence-electron chi connectivity index (χ3n) is 4.87. The Kier molecular flexibility index (Phi) is 4.90. The van der Waals surface area contributed by atoms with Crippen molar-refractivity contribution in [3.05, 3.63) is 94.1 Å². The van der Waals surface area contributed by atoms with Crippen LogP contribution in [0.15, 0.2) is 65.6 Å². The molecule has 0 amide bonds. The summed E-state index contributed by atoms with van der Waals surface area (Å²) in [5, 5.41) is 14.5. The van der Waals surface area contributed by atoms with E-state index < -0.39 is 0 Å². The number of nitrogens with one attached hydrogen (secondary N) is 1. The number of benzene rings is 2. The maximum Gasteiger partial charge on any atom is 0.267 e. The van der Waals surface area contributed by atoms with Crippen molar-refractivity contribution in [2.45, 2.75) is 19.9 Å². The monoisotopic (exact) mass is 397 g/mol. The lowest BCUT2D eigenvalue weighted by molar-refractivity contribution is 0.481. The van der Waals surface area contributed by atoms with E-state index in [9.17, 15) is 9.90 Å². The number of para-hydroxylation sites is 1. The molecule has 0 unspecified atom stereocenters. The highest BCUT2D eigenvalue weighted by molar-refractivity contribution is 5.88. The van der Waals surface area contributed by atoms with E-state index in [1.165, 1.54) is 12.3 Å². The Hall–Kier alpha value is -4.18. The van der Waals surface area contributed by atoms with Gasteiger partial charge in [-0.15, -0.1) is 0 Å². The molecule has 0 radical (unpaired) electrons. The van der Waals surface area contributed by atoms with Gasteiger partial charge in [0.05, 0.1) is 18.0 Å². The molecule has 2 N–H and O–H groups in total. The van der Waals surface area contributed by atoms with Crippen molar-refractivity contribution < 1.29 is 5.11 Å². The van der Waals surface area contributed by atoms with Crippen LogP contribution >= 0.6 is 0 Å². The predicted octanol–water partition coefficient (Wildman–Crippen LogP) is 4.52. The Bertz CT molecular complexity index is 1340. The number of aryl methyl sites for hydroxylation is 1. The van der Waals surface area contributed by atoms with Gasteiger partial charge in [-0.05, 0) is 43.5 Å². The van der Waals surface area contributed by atoms with E-state index in [-0.39, 0.29) is 22.7 Å². The smallest absolute Gasteiger partial charge is 0.267 e. The third-order valence-corrected chi connectivity index (χ3v) is 4.87. The molecule has 2 heterocycles. The topological polar surface area (TPSA) is 84.4 Å². The summed E-state index contributed by atoms with van der Waals surface area (Å²) in [5.41, 5.74) is 1.35. The lowest BCUT2D eigenvalue weighted by atomic mass is 10.1. The molecule has 7 nitrogen and oxygen atoms in total. The van der Waals surface area contributed by atoms with E-state index >= 15 is 0 Å². The molecule has 0 aliphatic rings. The molecular formula is C23H19N5O2. The summed E-state index contributed by atoms with van der Waals surface area (Å²) in [5.74, 6) is 0.894. The van der Waals surface area contributed by atoms with Crippen LogP contribution in [0.5, 0.6) is 5.75 Å². The first-order chi connectivity index (χ1) is 14.5. The molecule has 0 aliphatic carbocycles. The van der Waals surface area contributed by atoms with Gasteiger partial charge in [-0.25, -0.2) is 9.83 Å². The second-order valence-electron chi connectivity index (χ2n) is 6.92. The molecule has 0 saturated heterocycles. The number of phenols is 1. The minimum Gasteiger partial charge on any atom is -0.507 e. The number of rotatable bonds is 4. The van der Waals surface area contributed by atoms with Crippen LogP contribution in [-0.2, 0) is 0 Å². The Morgan fingerprint density at radius 3 is 2.67 bits per heavy atom. The molecule has 1 atom stereocenters. The lowest BCUT2D eigenvalue weighted by Crippen LogP contribution is -2.25. The third kappa shape index (κ3) is 3.35. The normalized spacial score (nSPS) is 11.8. The summed E-state index contributed by atoms with van der Waals surface area (Å²) in [6.07, 6.45) is 1.48. The van der Waals surface area contributed by atoms with E-state index in [2.05, 4.69) is 20.1 Å². The summed E-state index contributed by atoms with van der Waals surface area (Å²) < 4.78 is 1.57. The van der Waals surface area contributed by atoms with Crippen molar-refractivity contribution in [3.8, 4) is 11.4 Å². The molecule has 148 valence electrons. The number of hydrogen-bond donors (Lipinski definition) is 2. The summed E-state index contributed by atoms with van der Waals surface area (Å²) >= 11 is 0. The van der Waals surface area contributed by atoms with Crippen LogP contribution in [0.1, 0.15) is 24.5 Å². The van der Waals surface area contributed by atoms with Gasteiger partial charge in [0.1, 0.15) is 17.4 Å². The van der Waals surface area contributed by atoms with Gasteiger partial charge in [0.2, 0.25) is 5.69 Å². The molecule has 4 aromatic rings. The van der Waals surface area contributed by atoms with Gasteiger partial charge in [0.25, 0.3) is 5.56 Å². The van der Waals surface area contributed by atoms with E-state index in [1.807, 2.05) is 43.3 Å². The van der Waals surface area contributed by atoms with Crippen molar-refractivity contribution in [3.63, 3.8) is 0 Å². The average molecular weight is 397 g/mol. The first kappa shape index (κ1) is 19.2. The molecule has 30 heavy (non-hydrogen) atoms. The molecule has 0 bridgehead atoms. The molecular weight excluding hydrogens is 378 g/mol. The first-order valence-electron chi connectivity index (χ1n) is 9.40. The molecule has 2 aromatic carbocycles. The Morgan fingerprint density at radius 2 is 1.93 bits per heavy atom. The van der Waals surface area contributed by atoms with Crippen molar-refractivity contribution >= 4 is 22.3 Å². The van der Waals surface area contributed by atoms with Crippen LogP contribution in [0.25, 0.3) is 21.3 Å². The highest BCUT2D eigenvalue weighted by Crippen LogP contribution is 2.29. The van der Waals surface area contributed by atoms with E-state index in [1.54, 1.807) is 23.6 Å². The molecule has 0 aliphatic heterocycles. The van der Waals surface area contributed by atoms with Gasteiger partial charge in [0.15, 0.2) is 0 Å². The van der Waals surface area contributed by atoms with Crippen LogP contribution in [0.4, 0.5) is 11.5 Å². The van der Waals surface area contributed by atoms with Gasteiger partial charge in [-0.2, -0.15) is 0 Å². The largest absolute Gasteiger partial charge is 0.507 e. The zero-order chi connectivity index (χ0) is 21.3. The first-order valence-corrected chi connectivity index (χ1v) is 9.40. The fourth-order valence-electron chi connectivity index (χ4n) is 3.46. The highest BCUT2D eigenvalue weighted by atomic mass is 16.3. The van der Waals surface area contributed by atoms with Gasteiger partial charge >= 0.3 is 0 Å². The number of fused-ring (bicyclic) bond motifs is 1. The fraction of sp³-hybridized carbons (Fsp3) is 0.130. The number of phenolic OH excluding ortho intramolecular Hbond substituents is 1. The molecule has 7 heteroatoms. The van der Waals surface area contributed by atoms with Gasteiger partial charge in [0, 0.05) is 17.6 Å². The summed E-state index contributed by atoms with van der Waals surface area (Å²) in [6.45, 7) is 11.0. The number of nitrogens with zero attached hydrogens (tertiary/aromatic N) is 4. The van der Waals surface area contributed by atoms with Crippen molar-refractivity contribution in [1.29, 1.82) is 0 Å². The molecule has 4 rings (SSSR count). The van der Waals surface area contributed by atoms with Crippen LogP contribution < -0.4 is 10.9 Å². The summed E-state index contributed by atoms with van der Waals surface area (Å²) in [7, 11) is 0. The van der Waals surface area contributed by atoms with Crippen molar-refractivity contribution in [2.24, 2.45) is 0 Å². The summed E-state index contributed by atoms with van der Waals surface area (Å²) in [4.78, 5) is 25.3. The van der Waals surface area contributed by atoms with Gasteiger partial charge < -0.3 is 10.4 Å². The maximum absolute atomic E-state index is 13.4. The zero-order valence-electron chi connectivity index (χ0n) is 16.5. The number of hydrogen-bond acceptors (Lipinski definition) is 5. The van der Waals surface area contributed by atoms with Crippen LogP contribution in [0, 0.1) is 13.5 Å². The lowest BCUT2D eigenvalue weighted by Gasteiger charge is -2.22. The SMILES string of the molecule is [C-]#[N+]c1cnc(C)nc1N[C@@H](C)c1cc2cccc(O)c2c(=O)n1-c1ccccc1. The number of aromatic nitrogens is 3. The quantitative estimate of drug-likeness (QED) is 0.495. The van der Waals surface area contributed by atoms with Crippen LogP contribution in [-0.4, -0.2) is 19.6 Å². The molecule has 0 fully saturated rings. The fourth-order valence-corrected chi connectivity index (χ4v) is 3.46. The Balaban J connectivity index is 1.93. The zero-order valence-corrected chi connectivity index (χ0v) is 16.5. The van der Waals surface area contributed by atoms with Crippen molar-refractivity contribution in [2.75, 3.05) is 5.32 Å². The van der Waals surface area contributed by atoms with Crippen molar-refractivity contribution in [1.82, 2.24) is 14.5 Å². The number of aromatic hydroxyl groups is 1. The minimum absolute atomic E-state index is 0.0592. The second-order valence-corrected chi connectivity index (χ2v) is 6.92. The molecule has 0 spiro atoms. The maximum atomic E-state index is 13.4. The highest BCUT2D eigenvalue weighted by Gasteiger charge is 2.19. The summed E-state index contributed by atoms with van der Waals surface area (Å²) in [6, 6.07) is 15.8. The Labute approximate surface area is 173 Å². The Morgan fingerprint density at radius 1 is 1.17 bits per heavy atom. The minimum atomic E-state index is -0.362. The number of anilines is 1. The van der Waals surface area contributed by atoms with E-state index in [0.29, 0.717) is 34.1 Å². The predicted molar refractivity (Wildman–Crippen MR) is 116 cm³/mol. The van der Waals surface area contributed by atoms with E-state index in [0.717, 1.165) is 0 Å². The van der Waals surface area contributed by atoms with Crippen LogP contribution in [0.3, 0.4) is 0 Å². The van der Waals surface area contributed by atoms with E-state index in [4.69, 9.17) is 6.57 Å². The standard InChI is InChI=1S/C23H19N5O2/c1-14(26-22-18(24-3)13-25-15(2)27-22)19-12-16-8-7-11-20(29)21(16)23(30)28(19)17-9-5-4-6-10-17/h4-14,29H,1-2H3,(H,25,26,27)/t14-/m0/s1. The molecule has 2 aromatic heterocycles. The van der Waals surface area contributed by atoms with Gasteiger partial charge in [-0.3, -0.25) is 14.3 Å². The number of pyridine rings is 1. The average Bonchev–Trinajstić information content (AvgIpc) is 2.74. The molecule has 0 saturated carbocycles.